The molecule has 0 unspecified atom stereocenters. The van der Waals surface area contributed by atoms with Crippen LogP contribution in [0.1, 0.15) is 0 Å². The van der Waals surface area contributed by atoms with Crippen LogP contribution < -0.4 is 4.74 Å². The van der Waals surface area contributed by atoms with E-state index >= 15 is 0 Å². The molecule has 0 aliphatic rings. The third-order valence-electron chi connectivity index (χ3n) is 1.77. The molecule has 1 aromatic rings. The van der Waals surface area contributed by atoms with Crippen LogP contribution in [0.5, 0.6) is 5.75 Å². The van der Waals surface area contributed by atoms with Gasteiger partial charge in [0.15, 0.2) is 0 Å². The van der Waals surface area contributed by atoms with Gasteiger partial charge in [-0.2, -0.15) is 0 Å². The third-order valence-corrected chi connectivity index (χ3v) is 2.91. The molecular formula is C11H12O3S. The zero-order valence-corrected chi connectivity index (χ0v) is 9.21. The minimum Gasteiger partial charge on any atom is -0.496 e. The number of ether oxygens (including phenoxy) is 1. The van der Waals surface area contributed by atoms with Gasteiger partial charge in [-0.05, 0) is 12.1 Å². The van der Waals surface area contributed by atoms with Crippen LogP contribution in [-0.2, 0) is 4.79 Å². The fourth-order valence-electron chi connectivity index (χ4n) is 0.965. The van der Waals surface area contributed by atoms with Crippen molar-refractivity contribution in [2.24, 2.45) is 0 Å². The van der Waals surface area contributed by atoms with Crippen LogP contribution in [0.25, 0.3) is 0 Å². The lowest BCUT2D eigenvalue weighted by Gasteiger charge is -2.06. The van der Waals surface area contributed by atoms with Crippen LogP contribution in [-0.4, -0.2) is 23.9 Å². The van der Waals surface area contributed by atoms with Gasteiger partial charge < -0.3 is 9.84 Å². The Bertz CT molecular complexity index is 374. The minimum absolute atomic E-state index is 0.186. The molecule has 0 heterocycles. The first-order valence-electron chi connectivity index (χ1n) is 4.32. The Morgan fingerprint density at radius 1 is 1.53 bits per heavy atom. The molecule has 0 amide bonds. The first kappa shape index (κ1) is 11.7. The molecule has 0 aliphatic carbocycles. The highest BCUT2D eigenvalue weighted by molar-refractivity contribution is 7.99. The molecule has 15 heavy (non-hydrogen) atoms. The third kappa shape index (κ3) is 3.32. The van der Waals surface area contributed by atoms with E-state index in [2.05, 4.69) is 6.58 Å². The number of carboxylic acid groups (broad SMARTS) is 1. The highest BCUT2D eigenvalue weighted by atomic mass is 32.2. The fraction of sp³-hybridized carbons (Fsp3) is 0.182. The maximum atomic E-state index is 10.5. The number of rotatable bonds is 5. The van der Waals surface area contributed by atoms with Gasteiger partial charge in [0, 0.05) is 16.2 Å². The molecule has 0 saturated carbocycles. The van der Waals surface area contributed by atoms with Crippen molar-refractivity contribution in [1.82, 2.24) is 0 Å². The SMILES string of the molecule is C=C(CSc1ccccc1OC)C(=O)O. The lowest BCUT2D eigenvalue weighted by atomic mass is 10.3. The summed E-state index contributed by atoms with van der Waals surface area (Å²) < 4.78 is 5.14. The molecule has 1 N–H and O–H groups in total. The molecule has 0 radical (unpaired) electrons. The summed E-state index contributed by atoms with van der Waals surface area (Å²) in [5, 5.41) is 8.64. The summed E-state index contributed by atoms with van der Waals surface area (Å²) >= 11 is 1.40. The Kier molecular flexibility index (Phi) is 4.24. The summed E-state index contributed by atoms with van der Waals surface area (Å²) in [5.41, 5.74) is 0.186. The van der Waals surface area contributed by atoms with E-state index in [1.807, 2.05) is 24.3 Å². The van der Waals surface area contributed by atoms with Gasteiger partial charge >= 0.3 is 5.97 Å². The predicted molar refractivity (Wildman–Crippen MR) is 60.5 cm³/mol. The summed E-state index contributed by atoms with van der Waals surface area (Å²) in [6.45, 7) is 3.46. The van der Waals surface area contributed by atoms with Gasteiger partial charge in [0.1, 0.15) is 5.75 Å². The number of aliphatic carboxylic acids is 1. The van der Waals surface area contributed by atoms with Crippen molar-refractivity contribution < 1.29 is 14.6 Å². The molecule has 0 aliphatic heterocycles. The van der Waals surface area contributed by atoms with E-state index in [1.165, 1.54) is 11.8 Å². The van der Waals surface area contributed by atoms with Crippen molar-refractivity contribution in [1.29, 1.82) is 0 Å². The number of methoxy groups -OCH3 is 1. The van der Waals surface area contributed by atoms with Crippen molar-refractivity contribution in [2.45, 2.75) is 4.90 Å². The highest BCUT2D eigenvalue weighted by Crippen LogP contribution is 2.29. The van der Waals surface area contributed by atoms with Gasteiger partial charge in [-0.1, -0.05) is 18.7 Å². The number of hydrogen-bond acceptors (Lipinski definition) is 3. The Hall–Kier alpha value is -1.42. The summed E-state index contributed by atoms with van der Waals surface area (Å²) in [7, 11) is 1.59. The fourth-order valence-corrected chi connectivity index (χ4v) is 1.89. The van der Waals surface area contributed by atoms with Gasteiger partial charge in [0.05, 0.1) is 7.11 Å². The van der Waals surface area contributed by atoms with Crippen molar-refractivity contribution in [3.8, 4) is 5.75 Å². The van der Waals surface area contributed by atoms with Gasteiger partial charge in [0.25, 0.3) is 0 Å². The van der Waals surface area contributed by atoms with Gasteiger partial charge in [-0.25, -0.2) is 4.79 Å². The first-order chi connectivity index (χ1) is 7.15. The average Bonchev–Trinajstić information content (AvgIpc) is 2.26. The second-order valence-electron chi connectivity index (χ2n) is 2.85. The first-order valence-corrected chi connectivity index (χ1v) is 5.30. The molecule has 0 spiro atoms. The smallest absolute Gasteiger partial charge is 0.331 e. The van der Waals surface area contributed by atoms with Crippen molar-refractivity contribution in [2.75, 3.05) is 12.9 Å². The van der Waals surface area contributed by atoms with E-state index in [0.29, 0.717) is 5.75 Å². The molecule has 80 valence electrons. The zero-order valence-electron chi connectivity index (χ0n) is 8.40. The molecule has 0 atom stereocenters. The Morgan fingerprint density at radius 3 is 2.80 bits per heavy atom. The topological polar surface area (TPSA) is 46.5 Å². The summed E-state index contributed by atoms with van der Waals surface area (Å²) in [6, 6.07) is 7.48. The highest BCUT2D eigenvalue weighted by Gasteiger charge is 2.07. The van der Waals surface area contributed by atoms with Gasteiger partial charge in [-0.15, -0.1) is 11.8 Å². The van der Waals surface area contributed by atoms with Crippen molar-refractivity contribution in [3.63, 3.8) is 0 Å². The standard InChI is InChI=1S/C11H12O3S/c1-8(11(12)13)7-15-10-6-4-3-5-9(10)14-2/h3-6H,1,7H2,2H3,(H,12,13). The molecule has 4 heteroatoms. The molecule has 3 nitrogen and oxygen atoms in total. The predicted octanol–water partition coefficient (Wildman–Crippen LogP) is 2.43. The Morgan fingerprint density at radius 2 is 2.20 bits per heavy atom. The molecule has 1 aromatic carbocycles. The van der Waals surface area contributed by atoms with E-state index in [4.69, 9.17) is 9.84 Å². The maximum absolute atomic E-state index is 10.5. The molecule has 0 aromatic heterocycles. The van der Waals surface area contributed by atoms with E-state index in [1.54, 1.807) is 7.11 Å². The second-order valence-corrected chi connectivity index (χ2v) is 3.87. The molecular weight excluding hydrogens is 212 g/mol. The van der Waals surface area contributed by atoms with E-state index in [0.717, 1.165) is 10.6 Å². The van der Waals surface area contributed by atoms with Gasteiger partial charge in [0.2, 0.25) is 0 Å². The summed E-state index contributed by atoms with van der Waals surface area (Å²) in [4.78, 5) is 11.4. The van der Waals surface area contributed by atoms with E-state index < -0.39 is 5.97 Å². The lowest BCUT2D eigenvalue weighted by molar-refractivity contribution is -0.132. The average molecular weight is 224 g/mol. The van der Waals surface area contributed by atoms with Gasteiger partial charge in [-0.3, -0.25) is 0 Å². The van der Waals surface area contributed by atoms with Crippen molar-refractivity contribution >= 4 is 17.7 Å². The number of hydrogen-bond donors (Lipinski definition) is 1. The van der Waals surface area contributed by atoms with E-state index in [-0.39, 0.29) is 5.57 Å². The van der Waals surface area contributed by atoms with Crippen LogP contribution in [0.4, 0.5) is 0 Å². The monoisotopic (exact) mass is 224 g/mol. The molecule has 0 saturated heterocycles. The minimum atomic E-state index is -0.961. The van der Waals surface area contributed by atoms with Crippen LogP contribution in [0, 0.1) is 0 Å². The quantitative estimate of drug-likeness (QED) is 0.616. The zero-order chi connectivity index (χ0) is 11.3. The molecule has 0 bridgehead atoms. The van der Waals surface area contributed by atoms with Crippen LogP contribution >= 0.6 is 11.8 Å². The Balaban J connectivity index is 2.65. The molecule has 1 rings (SSSR count). The van der Waals surface area contributed by atoms with Crippen molar-refractivity contribution in [3.05, 3.63) is 36.4 Å². The van der Waals surface area contributed by atoms with Crippen LogP contribution in [0.2, 0.25) is 0 Å². The number of thioether (sulfide) groups is 1. The number of carbonyl (C=O) groups is 1. The Labute approximate surface area is 92.8 Å². The second kappa shape index (κ2) is 5.46. The summed E-state index contributed by atoms with van der Waals surface area (Å²) in [6.07, 6.45) is 0. The number of para-hydroxylation sites is 1. The van der Waals surface area contributed by atoms with E-state index in [9.17, 15) is 4.79 Å². The number of benzene rings is 1. The normalized spacial score (nSPS) is 9.67. The lowest BCUT2D eigenvalue weighted by Crippen LogP contribution is -2.01. The largest absolute Gasteiger partial charge is 0.496 e. The maximum Gasteiger partial charge on any atom is 0.331 e. The molecule has 0 fully saturated rings. The van der Waals surface area contributed by atoms with Crippen LogP contribution in [0.3, 0.4) is 0 Å². The number of carboxylic acids is 1. The summed E-state index contributed by atoms with van der Waals surface area (Å²) in [5.74, 6) is 0.147. The van der Waals surface area contributed by atoms with Crippen LogP contribution in [0.15, 0.2) is 41.3 Å².